The van der Waals surface area contributed by atoms with Crippen molar-refractivity contribution in [2.24, 2.45) is 0 Å². The van der Waals surface area contributed by atoms with Gasteiger partial charge in [0.15, 0.2) is 0 Å². The van der Waals surface area contributed by atoms with Crippen LogP contribution in [0.3, 0.4) is 0 Å². The first kappa shape index (κ1) is 22.2. The monoisotopic (exact) mass is 400 g/mol. The number of methoxy groups -OCH3 is 1. The number of urea groups is 1. The summed E-state index contributed by atoms with van der Waals surface area (Å²) in [6.45, 7) is 6.69. The van der Waals surface area contributed by atoms with E-state index < -0.39 is 6.03 Å². The number of rotatable bonds is 8. The summed E-state index contributed by atoms with van der Waals surface area (Å²) in [6.07, 6.45) is 1.49. The van der Waals surface area contributed by atoms with Gasteiger partial charge in [0.2, 0.25) is 11.8 Å². The van der Waals surface area contributed by atoms with Crippen molar-refractivity contribution in [2.75, 3.05) is 44.5 Å². The van der Waals surface area contributed by atoms with Crippen molar-refractivity contribution in [3.05, 3.63) is 47.2 Å². The third kappa shape index (κ3) is 6.76. The number of aromatic nitrogens is 1. The van der Waals surface area contributed by atoms with Crippen LogP contribution in [0.1, 0.15) is 16.7 Å². The number of likely N-dealkylation sites (N-methyl/N-ethyl adjacent to an activating group) is 1. The molecule has 1 heterocycles. The van der Waals surface area contributed by atoms with Gasteiger partial charge in [0.1, 0.15) is 13.2 Å². The summed E-state index contributed by atoms with van der Waals surface area (Å²) >= 11 is 0. The molecular formula is C21H28N4O4. The van der Waals surface area contributed by atoms with Crippen LogP contribution in [-0.2, 0) is 9.53 Å². The quantitative estimate of drug-likeness (QED) is 0.664. The summed E-state index contributed by atoms with van der Waals surface area (Å²) in [6, 6.07) is 6.94. The van der Waals surface area contributed by atoms with E-state index >= 15 is 0 Å². The zero-order valence-electron chi connectivity index (χ0n) is 17.5. The Kier molecular flexibility index (Phi) is 7.97. The molecule has 0 radical (unpaired) electrons. The summed E-state index contributed by atoms with van der Waals surface area (Å²) < 4.78 is 10.3. The van der Waals surface area contributed by atoms with E-state index in [1.165, 1.54) is 11.1 Å². The number of aryl methyl sites for hydroxylation is 3. The summed E-state index contributed by atoms with van der Waals surface area (Å²) in [7, 11) is 3.15. The highest BCUT2D eigenvalue weighted by Gasteiger charge is 2.15. The molecule has 0 saturated heterocycles. The Hall–Kier alpha value is -3.13. The Morgan fingerprint density at radius 3 is 2.34 bits per heavy atom. The summed E-state index contributed by atoms with van der Waals surface area (Å²) in [4.78, 5) is 30.1. The van der Waals surface area contributed by atoms with Crippen LogP contribution in [0.25, 0.3) is 0 Å². The summed E-state index contributed by atoms with van der Waals surface area (Å²) in [5.41, 5.74) is 4.40. The van der Waals surface area contributed by atoms with Gasteiger partial charge in [-0.2, -0.15) is 0 Å². The number of hydrogen-bond donors (Lipinski definition) is 2. The summed E-state index contributed by atoms with van der Waals surface area (Å²) in [5.74, 6) is 0.175. The van der Waals surface area contributed by atoms with Crippen LogP contribution in [0.4, 0.5) is 16.2 Å². The van der Waals surface area contributed by atoms with E-state index in [0.717, 1.165) is 22.4 Å². The van der Waals surface area contributed by atoms with E-state index in [-0.39, 0.29) is 12.5 Å². The second-order valence-electron chi connectivity index (χ2n) is 6.83. The number of nitrogens with zero attached hydrogens (tertiary/aromatic N) is 2. The molecule has 29 heavy (non-hydrogen) atoms. The lowest BCUT2D eigenvalue weighted by Crippen LogP contribution is -2.37. The van der Waals surface area contributed by atoms with Crippen LogP contribution >= 0.6 is 0 Å². The predicted octanol–water partition coefficient (Wildman–Crippen LogP) is 3.13. The van der Waals surface area contributed by atoms with Crippen LogP contribution in [0.2, 0.25) is 0 Å². The van der Waals surface area contributed by atoms with Crippen molar-refractivity contribution in [3.63, 3.8) is 0 Å². The Morgan fingerprint density at radius 1 is 1.07 bits per heavy atom. The molecule has 2 aromatic rings. The molecule has 3 amide bonds. The van der Waals surface area contributed by atoms with Gasteiger partial charge in [0.25, 0.3) is 0 Å². The molecule has 0 atom stereocenters. The molecule has 0 bridgehead atoms. The molecule has 8 heteroatoms. The number of carbonyl (C=O) groups excluding carboxylic acids is 2. The smallest absolute Gasteiger partial charge is 0.322 e. The van der Waals surface area contributed by atoms with Gasteiger partial charge in [-0.05, 0) is 38.0 Å². The number of carbonyl (C=O) groups is 2. The first-order valence-corrected chi connectivity index (χ1v) is 9.27. The molecule has 0 aliphatic rings. The van der Waals surface area contributed by atoms with Gasteiger partial charge in [-0.1, -0.05) is 17.7 Å². The number of benzene rings is 1. The molecule has 8 nitrogen and oxygen atoms in total. The third-order valence-corrected chi connectivity index (χ3v) is 4.19. The molecule has 0 fully saturated rings. The summed E-state index contributed by atoms with van der Waals surface area (Å²) in [5, 5.41) is 5.59. The number of hydrogen-bond acceptors (Lipinski definition) is 5. The molecule has 156 valence electrons. The number of anilines is 2. The van der Waals surface area contributed by atoms with E-state index in [1.807, 2.05) is 32.9 Å². The van der Waals surface area contributed by atoms with Crippen molar-refractivity contribution < 1.29 is 19.1 Å². The molecule has 0 aliphatic carbocycles. The number of amides is 3. The van der Waals surface area contributed by atoms with Crippen LogP contribution < -0.4 is 15.4 Å². The second kappa shape index (κ2) is 10.4. The largest absolute Gasteiger partial charge is 0.475 e. The Morgan fingerprint density at radius 2 is 1.76 bits per heavy atom. The van der Waals surface area contributed by atoms with Crippen LogP contribution in [0.5, 0.6) is 5.88 Å². The van der Waals surface area contributed by atoms with E-state index in [0.29, 0.717) is 24.8 Å². The fourth-order valence-corrected chi connectivity index (χ4v) is 2.83. The highest BCUT2D eigenvalue weighted by atomic mass is 16.5. The maximum absolute atomic E-state index is 12.4. The van der Waals surface area contributed by atoms with E-state index in [1.54, 1.807) is 26.3 Å². The number of ether oxygens (including phenoxy) is 2. The van der Waals surface area contributed by atoms with Crippen molar-refractivity contribution >= 4 is 23.3 Å². The first-order valence-electron chi connectivity index (χ1n) is 9.27. The Labute approximate surface area is 171 Å². The van der Waals surface area contributed by atoms with Crippen LogP contribution in [0, 0.1) is 20.8 Å². The molecule has 1 aromatic heterocycles. The average Bonchev–Trinajstić information content (AvgIpc) is 2.66. The Balaban J connectivity index is 1.88. The van der Waals surface area contributed by atoms with Gasteiger partial charge in [-0.3, -0.25) is 4.79 Å². The standard InChI is InChI=1S/C21H28N4O4/c1-14-10-15(2)20(16(3)11-14)24-18(26)13-25(4)21(27)23-17-6-7-19(22-12-17)29-9-8-28-5/h6-7,10-12H,8-9,13H2,1-5H3,(H,23,27)(H,24,26). The van der Waals surface area contributed by atoms with Gasteiger partial charge in [-0.25, -0.2) is 9.78 Å². The van der Waals surface area contributed by atoms with Gasteiger partial charge in [-0.15, -0.1) is 0 Å². The van der Waals surface area contributed by atoms with Crippen molar-refractivity contribution in [2.45, 2.75) is 20.8 Å². The van der Waals surface area contributed by atoms with Gasteiger partial charge >= 0.3 is 6.03 Å². The number of pyridine rings is 1. The topological polar surface area (TPSA) is 92.8 Å². The van der Waals surface area contributed by atoms with Gasteiger partial charge in [0, 0.05) is 25.9 Å². The van der Waals surface area contributed by atoms with E-state index in [2.05, 4.69) is 15.6 Å². The Bertz CT molecular complexity index is 829. The molecule has 0 unspecified atom stereocenters. The van der Waals surface area contributed by atoms with Crippen molar-refractivity contribution in [1.29, 1.82) is 0 Å². The zero-order valence-corrected chi connectivity index (χ0v) is 17.5. The minimum Gasteiger partial charge on any atom is -0.475 e. The first-order chi connectivity index (χ1) is 13.8. The lowest BCUT2D eigenvalue weighted by atomic mass is 10.1. The van der Waals surface area contributed by atoms with Crippen molar-refractivity contribution in [3.8, 4) is 5.88 Å². The zero-order chi connectivity index (χ0) is 21.4. The minimum atomic E-state index is -0.410. The molecule has 1 aromatic carbocycles. The second-order valence-corrected chi connectivity index (χ2v) is 6.83. The lowest BCUT2D eigenvalue weighted by Gasteiger charge is -2.19. The lowest BCUT2D eigenvalue weighted by molar-refractivity contribution is -0.116. The normalized spacial score (nSPS) is 10.4. The van der Waals surface area contributed by atoms with E-state index in [4.69, 9.17) is 9.47 Å². The van der Waals surface area contributed by atoms with Crippen LogP contribution in [-0.4, -0.2) is 55.7 Å². The molecule has 0 saturated carbocycles. The number of nitrogens with one attached hydrogen (secondary N) is 2. The fraction of sp³-hybridized carbons (Fsp3) is 0.381. The highest BCUT2D eigenvalue weighted by molar-refractivity contribution is 5.97. The van der Waals surface area contributed by atoms with Crippen molar-refractivity contribution in [1.82, 2.24) is 9.88 Å². The SMILES string of the molecule is COCCOc1ccc(NC(=O)N(C)CC(=O)Nc2c(C)cc(C)cc2C)cn1. The molecule has 0 spiro atoms. The minimum absolute atomic E-state index is 0.0791. The fourth-order valence-electron chi connectivity index (χ4n) is 2.83. The van der Waals surface area contributed by atoms with Crippen LogP contribution in [0.15, 0.2) is 30.5 Å². The maximum atomic E-state index is 12.4. The predicted molar refractivity (Wildman–Crippen MR) is 113 cm³/mol. The third-order valence-electron chi connectivity index (χ3n) is 4.19. The highest BCUT2D eigenvalue weighted by Crippen LogP contribution is 2.21. The van der Waals surface area contributed by atoms with E-state index in [9.17, 15) is 9.59 Å². The molecular weight excluding hydrogens is 372 g/mol. The van der Waals surface area contributed by atoms with Gasteiger partial charge in [0.05, 0.1) is 18.5 Å². The molecule has 2 rings (SSSR count). The maximum Gasteiger partial charge on any atom is 0.322 e. The van der Waals surface area contributed by atoms with Gasteiger partial charge < -0.3 is 25.0 Å². The molecule has 0 aliphatic heterocycles. The average molecular weight is 400 g/mol. The molecule has 2 N–H and O–H groups in total.